The van der Waals surface area contributed by atoms with Crippen molar-refractivity contribution in [2.75, 3.05) is 25.0 Å². The van der Waals surface area contributed by atoms with Gasteiger partial charge in [-0.05, 0) is 68.1 Å². The average Bonchev–Trinajstić information content (AvgIpc) is 2.78. The number of aryl methyl sites for hydroxylation is 1. The lowest BCUT2D eigenvalue weighted by Gasteiger charge is -2.33. The third-order valence-electron chi connectivity index (χ3n) is 5.57. The SMILES string of the molecule is Cc1ccc(NC(=O)NCC2CCCN(C(=O)c3ccc4nc(Cl)ccc4c3)C2)cc1. The Labute approximate surface area is 186 Å². The summed E-state index contributed by atoms with van der Waals surface area (Å²) in [5.41, 5.74) is 3.31. The van der Waals surface area contributed by atoms with E-state index < -0.39 is 0 Å². The molecule has 0 bridgehead atoms. The van der Waals surface area contributed by atoms with Crippen LogP contribution in [0.2, 0.25) is 5.15 Å². The Kier molecular flexibility index (Phi) is 6.37. The fourth-order valence-corrected chi connectivity index (χ4v) is 4.04. The average molecular weight is 437 g/mol. The number of amides is 3. The lowest BCUT2D eigenvalue weighted by atomic mass is 9.97. The molecule has 4 rings (SSSR count). The van der Waals surface area contributed by atoms with Gasteiger partial charge >= 0.3 is 6.03 Å². The van der Waals surface area contributed by atoms with Crippen LogP contribution >= 0.6 is 11.6 Å². The van der Waals surface area contributed by atoms with Crippen molar-refractivity contribution in [2.24, 2.45) is 5.92 Å². The van der Waals surface area contributed by atoms with E-state index in [0.29, 0.717) is 23.8 Å². The van der Waals surface area contributed by atoms with Gasteiger partial charge in [0.2, 0.25) is 0 Å². The van der Waals surface area contributed by atoms with Crippen molar-refractivity contribution < 1.29 is 9.59 Å². The van der Waals surface area contributed by atoms with Crippen molar-refractivity contribution in [3.8, 4) is 0 Å². The van der Waals surface area contributed by atoms with Crippen LogP contribution in [0.1, 0.15) is 28.8 Å². The molecule has 6 nitrogen and oxygen atoms in total. The summed E-state index contributed by atoms with van der Waals surface area (Å²) < 4.78 is 0. The molecule has 31 heavy (non-hydrogen) atoms. The topological polar surface area (TPSA) is 74.3 Å². The number of rotatable bonds is 4. The van der Waals surface area contributed by atoms with Gasteiger partial charge in [-0.3, -0.25) is 4.79 Å². The van der Waals surface area contributed by atoms with Crippen LogP contribution in [0.15, 0.2) is 54.6 Å². The van der Waals surface area contributed by atoms with Gasteiger partial charge in [-0.25, -0.2) is 9.78 Å². The molecule has 1 aromatic heterocycles. The molecule has 0 spiro atoms. The van der Waals surface area contributed by atoms with Crippen molar-refractivity contribution in [2.45, 2.75) is 19.8 Å². The van der Waals surface area contributed by atoms with Crippen LogP contribution < -0.4 is 10.6 Å². The number of aromatic nitrogens is 1. The van der Waals surface area contributed by atoms with E-state index in [1.165, 1.54) is 0 Å². The first-order valence-electron chi connectivity index (χ1n) is 10.4. The predicted molar refractivity (Wildman–Crippen MR) is 124 cm³/mol. The molecular formula is C24H25ClN4O2. The second-order valence-electron chi connectivity index (χ2n) is 8.00. The maximum atomic E-state index is 13.0. The van der Waals surface area contributed by atoms with Crippen molar-refractivity contribution in [3.05, 3.63) is 70.9 Å². The lowest BCUT2D eigenvalue weighted by molar-refractivity contribution is 0.0675. The summed E-state index contributed by atoms with van der Waals surface area (Å²) >= 11 is 5.94. The zero-order valence-corrected chi connectivity index (χ0v) is 18.2. The zero-order chi connectivity index (χ0) is 21.8. The van der Waals surface area contributed by atoms with Crippen molar-refractivity contribution in [1.82, 2.24) is 15.2 Å². The first kappa shape index (κ1) is 21.1. The maximum Gasteiger partial charge on any atom is 0.319 e. The number of carbonyl (C=O) groups is 2. The Balaban J connectivity index is 1.33. The van der Waals surface area contributed by atoms with Gasteiger partial charge in [-0.15, -0.1) is 0 Å². The molecule has 1 aliphatic heterocycles. The maximum absolute atomic E-state index is 13.0. The second-order valence-corrected chi connectivity index (χ2v) is 8.39. The number of hydrogen-bond acceptors (Lipinski definition) is 3. The van der Waals surface area contributed by atoms with Gasteiger partial charge in [0.05, 0.1) is 5.52 Å². The third kappa shape index (κ3) is 5.33. The first-order chi connectivity index (χ1) is 15.0. The highest BCUT2D eigenvalue weighted by Crippen LogP contribution is 2.21. The molecule has 3 amide bonds. The minimum atomic E-state index is -0.229. The van der Waals surface area contributed by atoms with Gasteiger partial charge in [0.1, 0.15) is 5.15 Å². The van der Waals surface area contributed by atoms with E-state index in [9.17, 15) is 9.59 Å². The molecule has 2 N–H and O–H groups in total. The summed E-state index contributed by atoms with van der Waals surface area (Å²) in [4.78, 5) is 31.4. The Morgan fingerprint density at radius 1 is 1.13 bits per heavy atom. The third-order valence-corrected chi connectivity index (χ3v) is 5.78. The predicted octanol–water partition coefficient (Wildman–Crippen LogP) is 4.87. The second kappa shape index (κ2) is 9.35. The normalized spacial score (nSPS) is 16.2. The largest absolute Gasteiger partial charge is 0.338 e. The van der Waals surface area contributed by atoms with Gasteiger partial charge < -0.3 is 15.5 Å². The fourth-order valence-electron chi connectivity index (χ4n) is 3.88. The molecule has 0 saturated carbocycles. The Morgan fingerprint density at radius 3 is 2.74 bits per heavy atom. The minimum Gasteiger partial charge on any atom is -0.338 e. The van der Waals surface area contributed by atoms with Gasteiger partial charge in [0, 0.05) is 36.3 Å². The van der Waals surface area contributed by atoms with E-state index in [0.717, 1.165) is 41.5 Å². The summed E-state index contributed by atoms with van der Waals surface area (Å²) in [7, 11) is 0. The minimum absolute atomic E-state index is 0.00524. The summed E-state index contributed by atoms with van der Waals surface area (Å²) in [5.74, 6) is 0.230. The van der Waals surface area contributed by atoms with E-state index in [4.69, 9.17) is 11.6 Å². The highest BCUT2D eigenvalue weighted by Gasteiger charge is 2.25. The molecule has 1 atom stereocenters. The van der Waals surface area contributed by atoms with E-state index in [1.54, 1.807) is 12.1 Å². The van der Waals surface area contributed by atoms with Gasteiger partial charge in [-0.2, -0.15) is 0 Å². The number of fused-ring (bicyclic) bond motifs is 1. The Hall–Kier alpha value is -3.12. The number of nitrogens with zero attached hydrogens (tertiary/aromatic N) is 2. The lowest BCUT2D eigenvalue weighted by Crippen LogP contribution is -2.44. The summed E-state index contributed by atoms with van der Waals surface area (Å²) in [6.45, 7) is 3.88. The molecule has 0 radical (unpaired) electrons. The number of pyridine rings is 1. The number of anilines is 1. The number of piperidine rings is 1. The molecule has 3 aromatic rings. The van der Waals surface area contributed by atoms with Crippen LogP contribution in [0.25, 0.3) is 10.9 Å². The van der Waals surface area contributed by atoms with E-state index in [2.05, 4.69) is 15.6 Å². The molecule has 0 aliphatic carbocycles. The van der Waals surface area contributed by atoms with Gasteiger partial charge in [0.15, 0.2) is 0 Å². The monoisotopic (exact) mass is 436 g/mol. The van der Waals surface area contributed by atoms with E-state index >= 15 is 0 Å². The molecule has 2 aromatic carbocycles. The number of urea groups is 1. The molecule has 7 heteroatoms. The summed E-state index contributed by atoms with van der Waals surface area (Å²) in [5, 5.41) is 7.10. The first-order valence-corrected chi connectivity index (χ1v) is 10.8. The Morgan fingerprint density at radius 2 is 1.94 bits per heavy atom. The molecule has 1 aliphatic rings. The van der Waals surface area contributed by atoms with Crippen LogP contribution in [0.4, 0.5) is 10.5 Å². The van der Waals surface area contributed by atoms with Crippen LogP contribution in [0.3, 0.4) is 0 Å². The van der Waals surface area contributed by atoms with Crippen LogP contribution in [-0.2, 0) is 0 Å². The smallest absolute Gasteiger partial charge is 0.319 e. The Bertz CT molecular complexity index is 1100. The number of likely N-dealkylation sites (tertiary alicyclic amines) is 1. The quantitative estimate of drug-likeness (QED) is 0.573. The number of carbonyl (C=O) groups excluding carboxylic acids is 2. The van der Waals surface area contributed by atoms with Gasteiger partial charge in [-0.1, -0.05) is 29.3 Å². The van der Waals surface area contributed by atoms with Crippen LogP contribution in [-0.4, -0.2) is 41.5 Å². The number of halogens is 1. The van der Waals surface area contributed by atoms with Crippen LogP contribution in [0, 0.1) is 12.8 Å². The molecule has 1 fully saturated rings. The fraction of sp³-hybridized carbons (Fsp3) is 0.292. The number of nitrogens with one attached hydrogen (secondary N) is 2. The zero-order valence-electron chi connectivity index (χ0n) is 17.4. The van der Waals surface area contributed by atoms with Crippen molar-refractivity contribution in [3.63, 3.8) is 0 Å². The number of benzene rings is 2. The van der Waals surface area contributed by atoms with Crippen molar-refractivity contribution in [1.29, 1.82) is 0 Å². The summed E-state index contributed by atoms with van der Waals surface area (Å²) in [6, 6.07) is 16.5. The van der Waals surface area contributed by atoms with E-state index in [1.807, 2.05) is 54.3 Å². The molecule has 1 saturated heterocycles. The molecule has 1 unspecified atom stereocenters. The molecule has 160 valence electrons. The highest BCUT2D eigenvalue weighted by molar-refractivity contribution is 6.29. The highest BCUT2D eigenvalue weighted by atomic mass is 35.5. The van der Waals surface area contributed by atoms with E-state index in [-0.39, 0.29) is 17.9 Å². The summed E-state index contributed by atoms with van der Waals surface area (Å²) in [6.07, 6.45) is 1.90. The van der Waals surface area contributed by atoms with Crippen LogP contribution in [0.5, 0.6) is 0 Å². The van der Waals surface area contributed by atoms with Gasteiger partial charge in [0.25, 0.3) is 5.91 Å². The molecule has 2 heterocycles. The van der Waals surface area contributed by atoms with Crippen molar-refractivity contribution >= 4 is 40.1 Å². The molecular weight excluding hydrogens is 412 g/mol. The number of hydrogen-bond donors (Lipinski definition) is 2. The standard InChI is InChI=1S/C24H25ClN4O2/c1-16-4-8-20(9-5-16)27-24(31)26-14-17-3-2-12-29(15-17)23(30)19-6-10-21-18(13-19)7-11-22(25)28-21/h4-11,13,17H,2-3,12,14-15H2,1H3,(H2,26,27,31).